The van der Waals surface area contributed by atoms with Crippen molar-refractivity contribution in [1.29, 1.82) is 0 Å². The van der Waals surface area contributed by atoms with Crippen LogP contribution in [0.4, 0.5) is 0 Å². The van der Waals surface area contributed by atoms with Gasteiger partial charge in [-0.2, -0.15) is 0 Å². The van der Waals surface area contributed by atoms with Crippen molar-refractivity contribution in [3.63, 3.8) is 0 Å². The Kier molecular flexibility index (Phi) is 3.70. The summed E-state index contributed by atoms with van der Waals surface area (Å²) in [5.74, 6) is 0. The summed E-state index contributed by atoms with van der Waals surface area (Å²) < 4.78 is 1.20. The number of nitrogens with zero attached hydrogens (tertiary/aromatic N) is 1. The van der Waals surface area contributed by atoms with E-state index in [4.69, 9.17) is 11.6 Å². The van der Waals surface area contributed by atoms with Crippen LogP contribution in [0, 0.1) is 6.92 Å². The van der Waals surface area contributed by atoms with E-state index >= 15 is 0 Å². The van der Waals surface area contributed by atoms with Gasteiger partial charge in [0.25, 0.3) is 0 Å². The number of halogens is 1. The highest BCUT2D eigenvalue weighted by atomic mass is 35.5. The zero-order valence-corrected chi connectivity index (χ0v) is 9.54. The van der Waals surface area contributed by atoms with E-state index in [1.165, 1.54) is 4.70 Å². The molecular formula is C10H12ClNS. The second-order valence-electron chi connectivity index (χ2n) is 2.34. The molecule has 1 nitrogen and oxygen atoms in total. The molecule has 70 valence electrons. The average Bonchev–Trinajstić information content (AvgIpc) is 2.48. The van der Waals surface area contributed by atoms with Gasteiger partial charge in [0.1, 0.15) is 0 Å². The zero-order valence-electron chi connectivity index (χ0n) is 7.97. The van der Waals surface area contributed by atoms with Crippen molar-refractivity contribution in [2.45, 2.75) is 20.8 Å². The number of rotatable bonds is 0. The summed E-state index contributed by atoms with van der Waals surface area (Å²) in [6.07, 6.45) is 0. The van der Waals surface area contributed by atoms with Gasteiger partial charge in [-0.15, -0.1) is 11.3 Å². The van der Waals surface area contributed by atoms with Crippen molar-refractivity contribution < 1.29 is 0 Å². The van der Waals surface area contributed by atoms with Crippen LogP contribution in [0.1, 0.15) is 18.9 Å². The Bertz CT molecular complexity index is 395. The third-order valence-corrected chi connectivity index (χ3v) is 2.64. The Hall–Kier alpha value is -0.600. The van der Waals surface area contributed by atoms with Crippen molar-refractivity contribution in [3.8, 4) is 0 Å². The lowest BCUT2D eigenvalue weighted by molar-refractivity contribution is 1.35. The topological polar surface area (TPSA) is 12.9 Å². The van der Waals surface area contributed by atoms with Crippen molar-refractivity contribution in [3.05, 3.63) is 28.2 Å². The first kappa shape index (κ1) is 10.5. The second-order valence-corrected chi connectivity index (χ2v) is 4.02. The van der Waals surface area contributed by atoms with E-state index < -0.39 is 0 Å². The first-order chi connectivity index (χ1) is 6.25. The van der Waals surface area contributed by atoms with E-state index in [2.05, 4.69) is 4.98 Å². The monoisotopic (exact) mass is 213 g/mol. The standard InChI is InChI=1S/C8H6ClNS.C2H6/c1-5-10-7-4-6(9)2-3-8(7)11-5;1-2/h2-4H,1H3;1-2H3. The van der Waals surface area contributed by atoms with Gasteiger partial charge < -0.3 is 0 Å². The van der Waals surface area contributed by atoms with Crippen LogP contribution in [0.2, 0.25) is 5.02 Å². The number of hydrogen-bond donors (Lipinski definition) is 0. The molecule has 1 aromatic heterocycles. The second kappa shape index (κ2) is 4.58. The summed E-state index contributed by atoms with van der Waals surface area (Å²) in [5, 5.41) is 1.84. The van der Waals surface area contributed by atoms with Gasteiger partial charge in [-0.25, -0.2) is 4.98 Å². The van der Waals surface area contributed by atoms with Crippen molar-refractivity contribution >= 4 is 33.2 Å². The van der Waals surface area contributed by atoms with Gasteiger partial charge in [-0.05, 0) is 25.1 Å². The predicted octanol–water partition coefficient (Wildman–Crippen LogP) is 4.28. The number of aryl methyl sites for hydroxylation is 1. The van der Waals surface area contributed by atoms with Crippen molar-refractivity contribution in [1.82, 2.24) is 4.98 Å². The van der Waals surface area contributed by atoms with Crippen molar-refractivity contribution in [2.75, 3.05) is 0 Å². The van der Waals surface area contributed by atoms with E-state index in [1.54, 1.807) is 11.3 Å². The highest BCUT2D eigenvalue weighted by Gasteiger charge is 1.98. The number of thiazole rings is 1. The van der Waals surface area contributed by atoms with E-state index in [9.17, 15) is 0 Å². The predicted molar refractivity (Wildman–Crippen MR) is 60.7 cm³/mol. The third-order valence-electron chi connectivity index (χ3n) is 1.46. The molecule has 1 aromatic carbocycles. The van der Waals surface area contributed by atoms with Crippen LogP contribution in [-0.2, 0) is 0 Å². The van der Waals surface area contributed by atoms with Gasteiger partial charge in [0.15, 0.2) is 0 Å². The minimum absolute atomic E-state index is 0.753. The Morgan fingerprint density at radius 2 is 2.00 bits per heavy atom. The minimum atomic E-state index is 0.753. The van der Waals surface area contributed by atoms with Crippen LogP contribution >= 0.6 is 22.9 Å². The summed E-state index contributed by atoms with van der Waals surface area (Å²) in [7, 11) is 0. The molecule has 0 unspecified atom stereocenters. The van der Waals surface area contributed by atoms with E-state index in [0.717, 1.165) is 15.5 Å². The highest BCUT2D eigenvalue weighted by Crippen LogP contribution is 2.23. The van der Waals surface area contributed by atoms with Crippen molar-refractivity contribution in [2.24, 2.45) is 0 Å². The summed E-state index contributed by atoms with van der Waals surface area (Å²) in [4.78, 5) is 4.31. The Balaban J connectivity index is 0.000000396. The maximum Gasteiger partial charge on any atom is 0.0907 e. The fourth-order valence-corrected chi connectivity index (χ4v) is 1.99. The van der Waals surface area contributed by atoms with Gasteiger partial charge in [-0.3, -0.25) is 0 Å². The van der Waals surface area contributed by atoms with E-state index in [1.807, 2.05) is 39.0 Å². The lowest BCUT2D eigenvalue weighted by Crippen LogP contribution is -1.67. The van der Waals surface area contributed by atoms with Gasteiger partial charge >= 0.3 is 0 Å². The first-order valence-corrected chi connectivity index (χ1v) is 5.48. The van der Waals surface area contributed by atoms with Gasteiger partial charge in [0.2, 0.25) is 0 Å². The average molecular weight is 214 g/mol. The molecule has 0 amide bonds. The van der Waals surface area contributed by atoms with E-state index in [0.29, 0.717) is 0 Å². The molecule has 0 aliphatic heterocycles. The summed E-state index contributed by atoms with van der Waals surface area (Å²) in [5.41, 5.74) is 1.00. The zero-order chi connectivity index (χ0) is 9.84. The lowest BCUT2D eigenvalue weighted by Gasteiger charge is -1.86. The molecule has 13 heavy (non-hydrogen) atoms. The molecule has 0 saturated heterocycles. The Morgan fingerprint density at radius 3 is 2.69 bits per heavy atom. The van der Waals surface area contributed by atoms with Gasteiger partial charge in [0.05, 0.1) is 15.2 Å². The summed E-state index contributed by atoms with van der Waals surface area (Å²) in [6.45, 7) is 6.00. The molecule has 0 N–H and O–H groups in total. The largest absolute Gasteiger partial charge is 0.241 e. The summed E-state index contributed by atoms with van der Waals surface area (Å²) >= 11 is 7.48. The van der Waals surface area contributed by atoms with Gasteiger partial charge in [-0.1, -0.05) is 25.4 Å². The minimum Gasteiger partial charge on any atom is -0.241 e. The highest BCUT2D eigenvalue weighted by molar-refractivity contribution is 7.18. The molecule has 3 heteroatoms. The molecule has 0 spiro atoms. The van der Waals surface area contributed by atoms with Crippen LogP contribution < -0.4 is 0 Å². The Morgan fingerprint density at radius 1 is 1.31 bits per heavy atom. The fourth-order valence-electron chi connectivity index (χ4n) is 1.02. The number of aromatic nitrogens is 1. The van der Waals surface area contributed by atoms with Crippen LogP contribution in [0.15, 0.2) is 18.2 Å². The maximum atomic E-state index is 5.79. The molecule has 0 fully saturated rings. The molecule has 0 saturated carbocycles. The molecule has 1 heterocycles. The SMILES string of the molecule is CC.Cc1nc2cc(Cl)ccc2s1. The van der Waals surface area contributed by atoms with E-state index in [-0.39, 0.29) is 0 Å². The normalized spacial score (nSPS) is 9.54. The number of benzene rings is 1. The molecule has 2 rings (SSSR count). The smallest absolute Gasteiger partial charge is 0.0907 e. The molecule has 0 aliphatic carbocycles. The molecular weight excluding hydrogens is 202 g/mol. The van der Waals surface area contributed by atoms with Crippen LogP contribution in [0.5, 0.6) is 0 Å². The Labute approximate surface area is 87.4 Å². The molecule has 0 atom stereocenters. The first-order valence-electron chi connectivity index (χ1n) is 4.28. The van der Waals surface area contributed by atoms with Crippen LogP contribution in [0.25, 0.3) is 10.2 Å². The quantitative estimate of drug-likeness (QED) is 0.637. The molecule has 0 bridgehead atoms. The van der Waals surface area contributed by atoms with Gasteiger partial charge in [0, 0.05) is 5.02 Å². The van der Waals surface area contributed by atoms with Crippen LogP contribution in [0.3, 0.4) is 0 Å². The number of fused-ring (bicyclic) bond motifs is 1. The molecule has 0 aliphatic rings. The summed E-state index contributed by atoms with van der Waals surface area (Å²) in [6, 6.07) is 5.78. The molecule has 2 aromatic rings. The van der Waals surface area contributed by atoms with Crippen LogP contribution in [-0.4, -0.2) is 4.98 Å². The third kappa shape index (κ3) is 2.42. The lowest BCUT2D eigenvalue weighted by atomic mass is 10.3. The maximum absolute atomic E-state index is 5.79. The molecule has 0 radical (unpaired) electrons. The fraction of sp³-hybridized carbons (Fsp3) is 0.300. The number of hydrogen-bond acceptors (Lipinski definition) is 2.